The fourth-order valence-corrected chi connectivity index (χ4v) is 2.03. The lowest BCUT2D eigenvalue weighted by Crippen LogP contribution is -2.10. The van der Waals surface area contributed by atoms with E-state index in [0.717, 1.165) is 16.9 Å². The molecule has 0 bridgehead atoms. The fourth-order valence-electron chi connectivity index (χ4n) is 2.03. The lowest BCUT2D eigenvalue weighted by atomic mass is 9.87. The molecule has 0 aliphatic carbocycles. The van der Waals surface area contributed by atoms with Crippen molar-refractivity contribution in [3.8, 4) is 11.4 Å². The van der Waals surface area contributed by atoms with E-state index in [0.29, 0.717) is 5.65 Å². The van der Waals surface area contributed by atoms with Crippen LogP contribution >= 0.6 is 0 Å². The zero-order valence-electron chi connectivity index (χ0n) is 11.3. The van der Waals surface area contributed by atoms with Crippen molar-refractivity contribution < 1.29 is 0 Å². The molecule has 3 aromatic rings. The van der Waals surface area contributed by atoms with Crippen molar-refractivity contribution >= 4 is 11.2 Å². The number of hydrogen-bond acceptors (Lipinski definition) is 3. The molecule has 0 fully saturated rings. The maximum Gasteiger partial charge on any atom is 0.181 e. The molecule has 0 aliphatic rings. The van der Waals surface area contributed by atoms with Crippen LogP contribution < -0.4 is 0 Å². The Hall–Kier alpha value is -2.23. The van der Waals surface area contributed by atoms with E-state index in [4.69, 9.17) is 0 Å². The molecule has 3 rings (SSSR count). The van der Waals surface area contributed by atoms with E-state index in [-0.39, 0.29) is 5.41 Å². The molecule has 0 aliphatic heterocycles. The highest BCUT2D eigenvalue weighted by Gasteiger charge is 2.13. The monoisotopic (exact) mass is 252 g/mol. The predicted octanol–water partition coefficient (Wildman–Crippen LogP) is 3.32. The molecule has 2 heterocycles. The summed E-state index contributed by atoms with van der Waals surface area (Å²) in [7, 11) is 0. The molecule has 1 aromatic carbocycles. The minimum atomic E-state index is 0.165. The van der Waals surface area contributed by atoms with E-state index in [1.807, 2.05) is 0 Å². The Morgan fingerprint density at radius 3 is 2.42 bits per heavy atom. The Morgan fingerprint density at radius 1 is 1.05 bits per heavy atom. The maximum absolute atomic E-state index is 4.47. The first-order chi connectivity index (χ1) is 9.04. The van der Waals surface area contributed by atoms with Crippen molar-refractivity contribution in [1.82, 2.24) is 19.9 Å². The van der Waals surface area contributed by atoms with Gasteiger partial charge < -0.3 is 4.98 Å². The van der Waals surface area contributed by atoms with Gasteiger partial charge in [0, 0.05) is 5.56 Å². The van der Waals surface area contributed by atoms with Crippen LogP contribution in [0.1, 0.15) is 26.3 Å². The van der Waals surface area contributed by atoms with E-state index in [1.165, 1.54) is 11.9 Å². The molecule has 2 aromatic heterocycles. The number of H-pyrrole nitrogens is 1. The lowest BCUT2D eigenvalue weighted by Gasteiger charge is -2.18. The molecule has 0 amide bonds. The molecule has 0 unspecified atom stereocenters. The van der Waals surface area contributed by atoms with Gasteiger partial charge in [-0.3, -0.25) is 0 Å². The number of nitrogens with one attached hydrogen (secondary N) is 1. The molecule has 0 spiro atoms. The largest absolute Gasteiger partial charge is 0.335 e. The van der Waals surface area contributed by atoms with Gasteiger partial charge in [0.15, 0.2) is 5.65 Å². The van der Waals surface area contributed by atoms with Gasteiger partial charge in [0.25, 0.3) is 0 Å². The Bertz CT molecular complexity index is 672. The second-order valence-corrected chi connectivity index (χ2v) is 5.67. The van der Waals surface area contributed by atoms with Crippen LogP contribution in [-0.4, -0.2) is 19.9 Å². The van der Waals surface area contributed by atoms with Crippen LogP contribution in [0.5, 0.6) is 0 Å². The molecule has 0 atom stereocenters. The van der Waals surface area contributed by atoms with Crippen LogP contribution in [0.15, 0.2) is 36.8 Å². The van der Waals surface area contributed by atoms with Gasteiger partial charge in [-0.2, -0.15) is 0 Å². The van der Waals surface area contributed by atoms with Gasteiger partial charge in [0.2, 0.25) is 0 Å². The van der Waals surface area contributed by atoms with Gasteiger partial charge >= 0.3 is 0 Å². The SMILES string of the molecule is CC(C)(C)c1ccc(-c2nc3ncncc3[nH]2)cc1. The molecule has 0 saturated heterocycles. The number of imidazole rings is 1. The summed E-state index contributed by atoms with van der Waals surface area (Å²) in [6.45, 7) is 6.62. The quantitative estimate of drug-likeness (QED) is 0.722. The molecule has 0 saturated carbocycles. The van der Waals surface area contributed by atoms with Crippen LogP contribution in [-0.2, 0) is 5.41 Å². The first kappa shape index (κ1) is 11.8. The number of fused-ring (bicyclic) bond motifs is 1. The van der Waals surface area contributed by atoms with Crippen molar-refractivity contribution in [2.24, 2.45) is 0 Å². The summed E-state index contributed by atoms with van der Waals surface area (Å²) in [6.07, 6.45) is 3.25. The summed E-state index contributed by atoms with van der Waals surface area (Å²) in [6, 6.07) is 8.47. The normalized spacial score (nSPS) is 11.9. The Balaban J connectivity index is 2.02. The minimum absolute atomic E-state index is 0.165. The van der Waals surface area contributed by atoms with Crippen molar-refractivity contribution in [3.63, 3.8) is 0 Å². The number of aromatic amines is 1. The highest BCUT2D eigenvalue weighted by atomic mass is 15.0. The Kier molecular flexibility index (Phi) is 2.59. The van der Waals surface area contributed by atoms with Gasteiger partial charge in [-0.05, 0) is 11.0 Å². The lowest BCUT2D eigenvalue weighted by molar-refractivity contribution is 0.590. The second kappa shape index (κ2) is 4.16. The molecular weight excluding hydrogens is 236 g/mol. The van der Waals surface area contributed by atoms with Crippen molar-refractivity contribution in [2.75, 3.05) is 0 Å². The molecule has 19 heavy (non-hydrogen) atoms. The minimum Gasteiger partial charge on any atom is -0.335 e. The summed E-state index contributed by atoms with van der Waals surface area (Å²) >= 11 is 0. The van der Waals surface area contributed by atoms with E-state index in [1.54, 1.807) is 6.20 Å². The van der Waals surface area contributed by atoms with Crippen LogP contribution in [0.4, 0.5) is 0 Å². The third-order valence-corrected chi connectivity index (χ3v) is 3.19. The van der Waals surface area contributed by atoms with Gasteiger partial charge in [-0.15, -0.1) is 0 Å². The average molecular weight is 252 g/mol. The molecule has 0 radical (unpaired) electrons. The Labute approximate surface area is 111 Å². The molecule has 96 valence electrons. The zero-order valence-corrected chi connectivity index (χ0v) is 11.3. The van der Waals surface area contributed by atoms with Crippen LogP contribution in [0.2, 0.25) is 0 Å². The number of rotatable bonds is 1. The number of nitrogens with zero attached hydrogens (tertiary/aromatic N) is 3. The standard InChI is InChI=1S/C15H16N4/c1-15(2,3)11-6-4-10(5-7-11)13-18-12-8-16-9-17-14(12)19-13/h4-9H,1-3H3,(H,16,17,18,19). The van der Waals surface area contributed by atoms with Crippen LogP contribution in [0.25, 0.3) is 22.6 Å². The van der Waals surface area contributed by atoms with Gasteiger partial charge in [0.05, 0.1) is 6.20 Å². The zero-order chi connectivity index (χ0) is 13.5. The molecule has 4 nitrogen and oxygen atoms in total. The van der Waals surface area contributed by atoms with Crippen molar-refractivity contribution in [2.45, 2.75) is 26.2 Å². The average Bonchev–Trinajstić information content (AvgIpc) is 2.81. The Morgan fingerprint density at radius 2 is 1.79 bits per heavy atom. The third-order valence-electron chi connectivity index (χ3n) is 3.19. The topological polar surface area (TPSA) is 54.5 Å². The van der Waals surface area contributed by atoms with E-state index >= 15 is 0 Å². The molecule has 4 heteroatoms. The summed E-state index contributed by atoms with van der Waals surface area (Å²) in [5, 5.41) is 0. The van der Waals surface area contributed by atoms with Crippen molar-refractivity contribution in [3.05, 3.63) is 42.4 Å². The fraction of sp³-hybridized carbons (Fsp3) is 0.267. The van der Waals surface area contributed by atoms with Gasteiger partial charge in [-0.1, -0.05) is 45.0 Å². The van der Waals surface area contributed by atoms with E-state index in [2.05, 4.69) is 65.0 Å². The van der Waals surface area contributed by atoms with Crippen molar-refractivity contribution in [1.29, 1.82) is 0 Å². The maximum atomic E-state index is 4.47. The third kappa shape index (κ3) is 2.21. The van der Waals surface area contributed by atoms with E-state index in [9.17, 15) is 0 Å². The number of benzene rings is 1. The summed E-state index contributed by atoms with van der Waals surface area (Å²) in [4.78, 5) is 15.8. The summed E-state index contributed by atoms with van der Waals surface area (Å²) in [5.41, 5.74) is 4.10. The molecular formula is C15H16N4. The smallest absolute Gasteiger partial charge is 0.181 e. The highest BCUT2D eigenvalue weighted by Crippen LogP contribution is 2.25. The molecule has 1 N–H and O–H groups in total. The number of hydrogen-bond donors (Lipinski definition) is 1. The summed E-state index contributed by atoms with van der Waals surface area (Å²) in [5.74, 6) is 0.830. The van der Waals surface area contributed by atoms with Crippen LogP contribution in [0.3, 0.4) is 0 Å². The summed E-state index contributed by atoms with van der Waals surface area (Å²) < 4.78 is 0. The van der Waals surface area contributed by atoms with Gasteiger partial charge in [0.1, 0.15) is 17.7 Å². The second-order valence-electron chi connectivity index (χ2n) is 5.67. The van der Waals surface area contributed by atoms with Gasteiger partial charge in [-0.25, -0.2) is 15.0 Å². The first-order valence-electron chi connectivity index (χ1n) is 6.31. The van der Waals surface area contributed by atoms with Crippen LogP contribution in [0, 0.1) is 0 Å². The number of aromatic nitrogens is 4. The van der Waals surface area contributed by atoms with E-state index < -0.39 is 0 Å². The highest BCUT2D eigenvalue weighted by molar-refractivity contribution is 5.74. The first-order valence-corrected chi connectivity index (χ1v) is 6.31. The predicted molar refractivity (Wildman–Crippen MR) is 75.8 cm³/mol.